The second kappa shape index (κ2) is 14.3. The van der Waals surface area contributed by atoms with Gasteiger partial charge >= 0.3 is 18.2 Å². The van der Waals surface area contributed by atoms with Gasteiger partial charge in [-0.25, -0.2) is 8.78 Å². The molecule has 3 saturated carbocycles. The van der Waals surface area contributed by atoms with E-state index in [9.17, 15) is 30.7 Å². The highest BCUT2D eigenvalue weighted by Crippen LogP contribution is 2.48. The Kier molecular flexibility index (Phi) is 11.1. The quantitative estimate of drug-likeness (QED) is 0.153. The lowest BCUT2D eigenvalue weighted by atomic mass is 9.65. The molecule has 1 aromatic carbocycles. The van der Waals surface area contributed by atoms with Crippen molar-refractivity contribution in [3.05, 3.63) is 48.0 Å². The minimum Gasteiger partial charge on any atom is -0.432 e. The van der Waals surface area contributed by atoms with Gasteiger partial charge in [-0.2, -0.15) is 22.0 Å². The second-order valence-corrected chi connectivity index (χ2v) is 12.2. The number of hydrogen-bond donors (Lipinski definition) is 0. The zero-order chi connectivity index (χ0) is 29.6. The molecule has 0 saturated heterocycles. The number of rotatable bonds is 10. The zero-order valence-electron chi connectivity index (χ0n) is 23.6. The first-order valence-corrected chi connectivity index (χ1v) is 15.1. The fourth-order valence-corrected chi connectivity index (χ4v) is 7.52. The Morgan fingerprint density at radius 1 is 0.780 bits per heavy atom. The first-order valence-electron chi connectivity index (χ1n) is 15.1. The van der Waals surface area contributed by atoms with Crippen molar-refractivity contribution in [2.45, 2.75) is 103 Å². The minimum absolute atomic E-state index is 0.243. The average Bonchev–Trinajstić information content (AvgIpc) is 2.95. The molecule has 0 bridgehead atoms. The molecule has 0 heterocycles. The predicted octanol–water partition coefficient (Wildman–Crippen LogP) is 11.1. The van der Waals surface area contributed by atoms with Crippen LogP contribution in [-0.2, 0) is 0 Å². The summed E-state index contributed by atoms with van der Waals surface area (Å²) in [5, 5.41) is 0. The summed E-state index contributed by atoms with van der Waals surface area (Å²) in [6.45, 7) is 2.07. The molecule has 0 aromatic heterocycles. The molecule has 0 aliphatic heterocycles. The van der Waals surface area contributed by atoms with E-state index in [2.05, 4.69) is 28.5 Å². The van der Waals surface area contributed by atoms with Crippen LogP contribution in [0.15, 0.2) is 36.4 Å². The van der Waals surface area contributed by atoms with E-state index < -0.39 is 47.3 Å². The third-order valence-corrected chi connectivity index (χ3v) is 9.83. The Bertz CT molecular complexity index is 1020. The molecule has 230 valence electrons. The molecular formula is C32H41F7O2. The third kappa shape index (κ3) is 8.44. The lowest BCUT2D eigenvalue weighted by Crippen LogP contribution is -2.38. The van der Waals surface area contributed by atoms with Gasteiger partial charge in [0.25, 0.3) is 0 Å². The van der Waals surface area contributed by atoms with Crippen molar-refractivity contribution in [1.29, 1.82) is 0 Å². The molecule has 3 fully saturated rings. The van der Waals surface area contributed by atoms with E-state index in [1.54, 1.807) is 0 Å². The fourth-order valence-electron chi connectivity index (χ4n) is 7.52. The molecule has 0 N–H and O–H groups in total. The van der Waals surface area contributed by atoms with Gasteiger partial charge in [0.15, 0.2) is 11.6 Å². The molecule has 3 aliphatic rings. The number of ether oxygens (including phenoxy) is 2. The van der Waals surface area contributed by atoms with Crippen LogP contribution in [-0.4, -0.2) is 6.11 Å². The largest absolute Gasteiger partial charge is 0.432 e. The molecule has 41 heavy (non-hydrogen) atoms. The summed E-state index contributed by atoms with van der Waals surface area (Å²) in [6, 6.07) is -1.74. The highest BCUT2D eigenvalue weighted by Gasteiger charge is 2.45. The van der Waals surface area contributed by atoms with E-state index >= 15 is 0 Å². The molecule has 0 amide bonds. The molecule has 0 radical (unpaired) electrons. The summed E-state index contributed by atoms with van der Waals surface area (Å²) in [5.74, 6) is -3.23. The lowest BCUT2D eigenvalue weighted by molar-refractivity contribution is -0.224. The summed E-state index contributed by atoms with van der Waals surface area (Å²) in [6.07, 6.45) is 12.2. The second-order valence-electron chi connectivity index (χ2n) is 12.2. The topological polar surface area (TPSA) is 18.5 Å². The SMILES string of the molecule is CC=CCCC1CCC(C2CCC(C3CCC(C(F)(F)Oc4cc(F)c(OC(F)=C(F)F)c(F)c4)CC3)CC2)CC1. The van der Waals surface area contributed by atoms with Gasteiger partial charge in [0.05, 0.1) is 5.92 Å². The van der Waals surface area contributed by atoms with Crippen molar-refractivity contribution in [1.82, 2.24) is 0 Å². The number of alkyl halides is 2. The maximum absolute atomic E-state index is 14.9. The Balaban J connectivity index is 1.22. The molecular weight excluding hydrogens is 549 g/mol. The van der Waals surface area contributed by atoms with Gasteiger partial charge in [-0.15, -0.1) is 0 Å². The van der Waals surface area contributed by atoms with Gasteiger partial charge in [-0.05, 0) is 114 Å². The molecule has 9 heteroatoms. The van der Waals surface area contributed by atoms with Gasteiger partial charge in [-0.1, -0.05) is 25.0 Å². The highest BCUT2D eigenvalue weighted by molar-refractivity contribution is 5.36. The van der Waals surface area contributed by atoms with E-state index in [-0.39, 0.29) is 12.8 Å². The first-order chi connectivity index (χ1) is 19.6. The van der Waals surface area contributed by atoms with E-state index in [0.717, 1.165) is 30.6 Å². The molecule has 0 atom stereocenters. The summed E-state index contributed by atoms with van der Waals surface area (Å²) < 4.78 is 104. The maximum Gasteiger partial charge on any atom is 0.400 e. The van der Waals surface area contributed by atoms with Crippen LogP contribution in [0.5, 0.6) is 11.5 Å². The van der Waals surface area contributed by atoms with Crippen LogP contribution >= 0.6 is 0 Å². The molecule has 2 nitrogen and oxygen atoms in total. The van der Waals surface area contributed by atoms with Crippen molar-refractivity contribution in [3.8, 4) is 11.5 Å². The van der Waals surface area contributed by atoms with Crippen molar-refractivity contribution in [2.75, 3.05) is 0 Å². The van der Waals surface area contributed by atoms with Crippen LogP contribution in [0, 0.1) is 47.1 Å². The van der Waals surface area contributed by atoms with Gasteiger partial charge in [-0.3, -0.25) is 0 Å². The molecule has 0 spiro atoms. The Morgan fingerprint density at radius 3 is 1.71 bits per heavy atom. The normalized spacial score (nSPS) is 29.4. The van der Waals surface area contributed by atoms with Crippen LogP contribution in [0.1, 0.15) is 96.8 Å². The van der Waals surface area contributed by atoms with Crippen molar-refractivity contribution in [2.24, 2.45) is 35.5 Å². The smallest absolute Gasteiger partial charge is 0.400 e. The molecule has 4 rings (SSSR count). The number of hydrogen-bond acceptors (Lipinski definition) is 2. The summed E-state index contributed by atoms with van der Waals surface area (Å²) in [7, 11) is 0. The van der Waals surface area contributed by atoms with Crippen LogP contribution < -0.4 is 9.47 Å². The minimum atomic E-state index is -3.67. The molecule has 1 aromatic rings. The highest BCUT2D eigenvalue weighted by atomic mass is 19.3. The zero-order valence-corrected chi connectivity index (χ0v) is 23.6. The first kappa shape index (κ1) is 31.7. The van der Waals surface area contributed by atoms with E-state index in [0.29, 0.717) is 36.8 Å². The Labute approximate surface area is 238 Å². The number of halogens is 7. The standard InChI is InChI=1S/C32H41F7O2/c1-2-3-4-5-20-6-8-21(9-7-20)22-10-12-23(13-11-22)24-14-16-25(17-15-24)32(38,39)41-26-18-27(33)29(28(34)19-26)40-31(37)30(35)36/h2-3,18-25H,4-17H2,1H3. The van der Waals surface area contributed by atoms with Crippen molar-refractivity contribution in [3.63, 3.8) is 0 Å². The monoisotopic (exact) mass is 590 g/mol. The van der Waals surface area contributed by atoms with Crippen molar-refractivity contribution < 1.29 is 40.2 Å². The van der Waals surface area contributed by atoms with Gasteiger partial charge in [0, 0.05) is 12.1 Å². The lowest BCUT2D eigenvalue weighted by Gasteiger charge is -2.42. The van der Waals surface area contributed by atoms with Crippen LogP contribution in [0.3, 0.4) is 0 Å². The summed E-state index contributed by atoms with van der Waals surface area (Å²) in [4.78, 5) is 0. The van der Waals surface area contributed by atoms with Crippen molar-refractivity contribution >= 4 is 0 Å². The number of benzene rings is 1. The van der Waals surface area contributed by atoms with Crippen LogP contribution in [0.4, 0.5) is 30.7 Å². The third-order valence-electron chi connectivity index (χ3n) is 9.83. The van der Waals surface area contributed by atoms with E-state index in [4.69, 9.17) is 0 Å². The summed E-state index contributed by atoms with van der Waals surface area (Å²) >= 11 is 0. The predicted molar refractivity (Wildman–Crippen MR) is 143 cm³/mol. The van der Waals surface area contributed by atoms with Gasteiger partial charge in [0.1, 0.15) is 5.75 Å². The average molecular weight is 591 g/mol. The van der Waals surface area contributed by atoms with Gasteiger partial charge < -0.3 is 9.47 Å². The fraction of sp³-hybridized carbons (Fsp3) is 0.688. The maximum atomic E-state index is 14.9. The Morgan fingerprint density at radius 2 is 1.24 bits per heavy atom. The van der Waals surface area contributed by atoms with E-state index in [1.807, 2.05) is 0 Å². The summed E-state index contributed by atoms with van der Waals surface area (Å²) in [5.41, 5.74) is 0. The number of allylic oxidation sites excluding steroid dienone is 2. The molecule has 0 unspecified atom stereocenters. The van der Waals surface area contributed by atoms with Gasteiger partial charge in [0.2, 0.25) is 5.75 Å². The Hall–Kier alpha value is -2.19. The van der Waals surface area contributed by atoms with E-state index in [1.165, 1.54) is 51.4 Å². The molecule has 3 aliphatic carbocycles. The van der Waals surface area contributed by atoms with Crippen LogP contribution in [0.25, 0.3) is 0 Å². The van der Waals surface area contributed by atoms with Crippen LogP contribution in [0.2, 0.25) is 0 Å².